The molecule has 0 aliphatic rings. The highest BCUT2D eigenvalue weighted by atomic mass is 16.5. The number of ether oxygens (including phenoxy) is 3. The van der Waals surface area contributed by atoms with Crippen molar-refractivity contribution in [3.63, 3.8) is 0 Å². The zero-order valence-corrected chi connectivity index (χ0v) is 9.52. The van der Waals surface area contributed by atoms with Gasteiger partial charge < -0.3 is 19.9 Å². The lowest BCUT2D eigenvalue weighted by Crippen LogP contribution is -2.23. The third-order valence-electron chi connectivity index (χ3n) is 2.22. The Balaban J connectivity index is 3.17. The molecule has 0 unspecified atom stereocenters. The minimum absolute atomic E-state index is 0.447. The van der Waals surface area contributed by atoms with Crippen molar-refractivity contribution in [2.24, 2.45) is 5.73 Å². The van der Waals surface area contributed by atoms with Crippen LogP contribution < -0.4 is 15.2 Å². The van der Waals surface area contributed by atoms with Crippen molar-refractivity contribution in [2.45, 2.75) is 6.04 Å². The maximum atomic E-state index is 11.3. The Bertz CT molecular complexity index is 378. The molecular formula is C11H15NO4. The minimum atomic E-state index is -0.880. The van der Waals surface area contributed by atoms with Crippen molar-refractivity contribution >= 4 is 5.97 Å². The molecule has 5 heteroatoms. The van der Waals surface area contributed by atoms with E-state index in [0.29, 0.717) is 17.1 Å². The monoisotopic (exact) mass is 225 g/mol. The molecule has 0 radical (unpaired) electrons. The van der Waals surface area contributed by atoms with E-state index in [1.807, 2.05) is 0 Å². The number of methoxy groups -OCH3 is 3. The van der Waals surface area contributed by atoms with E-state index in [-0.39, 0.29) is 0 Å². The second-order valence-corrected chi connectivity index (χ2v) is 3.08. The zero-order valence-electron chi connectivity index (χ0n) is 9.52. The third kappa shape index (κ3) is 2.25. The minimum Gasteiger partial charge on any atom is -0.493 e. The highest BCUT2D eigenvalue weighted by Gasteiger charge is 2.22. The molecule has 0 saturated heterocycles. The van der Waals surface area contributed by atoms with Crippen LogP contribution in [0.3, 0.4) is 0 Å². The van der Waals surface area contributed by atoms with Gasteiger partial charge >= 0.3 is 5.97 Å². The van der Waals surface area contributed by atoms with Crippen molar-refractivity contribution in [3.05, 3.63) is 23.8 Å². The van der Waals surface area contributed by atoms with Crippen molar-refractivity contribution in [3.8, 4) is 11.5 Å². The van der Waals surface area contributed by atoms with Crippen LogP contribution in [0, 0.1) is 0 Å². The molecule has 1 aromatic rings. The van der Waals surface area contributed by atoms with E-state index in [2.05, 4.69) is 4.74 Å². The Kier molecular flexibility index (Phi) is 4.13. The van der Waals surface area contributed by atoms with Crippen LogP contribution in [0.2, 0.25) is 0 Å². The molecule has 1 atom stereocenters. The summed E-state index contributed by atoms with van der Waals surface area (Å²) in [5, 5.41) is 0. The van der Waals surface area contributed by atoms with Gasteiger partial charge in [-0.25, -0.2) is 0 Å². The van der Waals surface area contributed by atoms with Gasteiger partial charge in [-0.2, -0.15) is 0 Å². The van der Waals surface area contributed by atoms with Crippen LogP contribution in [0.4, 0.5) is 0 Å². The first-order valence-electron chi connectivity index (χ1n) is 4.70. The first kappa shape index (κ1) is 12.3. The molecule has 0 spiro atoms. The third-order valence-corrected chi connectivity index (χ3v) is 2.22. The Morgan fingerprint density at radius 2 is 1.94 bits per heavy atom. The van der Waals surface area contributed by atoms with Crippen LogP contribution in [-0.4, -0.2) is 27.3 Å². The molecule has 0 aliphatic carbocycles. The predicted molar refractivity (Wildman–Crippen MR) is 58.5 cm³/mol. The second-order valence-electron chi connectivity index (χ2n) is 3.08. The number of carbonyl (C=O) groups is 1. The zero-order chi connectivity index (χ0) is 12.1. The Morgan fingerprint density at radius 1 is 1.25 bits per heavy atom. The number of rotatable bonds is 4. The summed E-state index contributed by atoms with van der Waals surface area (Å²) in [5.41, 5.74) is 6.27. The molecule has 0 saturated carbocycles. The van der Waals surface area contributed by atoms with Gasteiger partial charge in [-0.05, 0) is 6.07 Å². The average molecular weight is 225 g/mol. The molecule has 88 valence electrons. The summed E-state index contributed by atoms with van der Waals surface area (Å²) in [6.45, 7) is 0. The fraction of sp³-hybridized carbons (Fsp3) is 0.364. The van der Waals surface area contributed by atoms with Crippen LogP contribution >= 0.6 is 0 Å². The van der Waals surface area contributed by atoms with Crippen molar-refractivity contribution in [2.75, 3.05) is 21.3 Å². The van der Waals surface area contributed by atoms with E-state index in [1.54, 1.807) is 18.2 Å². The summed E-state index contributed by atoms with van der Waals surface area (Å²) < 4.78 is 14.9. The molecule has 1 aromatic carbocycles. The molecule has 0 aliphatic heterocycles. The van der Waals surface area contributed by atoms with E-state index in [1.165, 1.54) is 21.3 Å². The van der Waals surface area contributed by atoms with E-state index >= 15 is 0 Å². The molecule has 0 aromatic heterocycles. The van der Waals surface area contributed by atoms with Crippen LogP contribution in [0.5, 0.6) is 11.5 Å². The lowest BCUT2D eigenvalue weighted by molar-refractivity contribution is -0.142. The Morgan fingerprint density at radius 3 is 2.44 bits per heavy atom. The van der Waals surface area contributed by atoms with Gasteiger partial charge in [0.2, 0.25) is 0 Å². The van der Waals surface area contributed by atoms with Gasteiger partial charge in [-0.15, -0.1) is 0 Å². The van der Waals surface area contributed by atoms with Crippen LogP contribution in [0.1, 0.15) is 11.6 Å². The van der Waals surface area contributed by atoms with Gasteiger partial charge in [0.1, 0.15) is 6.04 Å². The summed E-state index contributed by atoms with van der Waals surface area (Å²) >= 11 is 0. The fourth-order valence-electron chi connectivity index (χ4n) is 1.41. The number of benzene rings is 1. The largest absolute Gasteiger partial charge is 0.493 e. The summed E-state index contributed by atoms with van der Waals surface area (Å²) in [5.74, 6) is 0.453. The lowest BCUT2D eigenvalue weighted by atomic mass is 10.1. The number of nitrogens with two attached hydrogens (primary N) is 1. The SMILES string of the molecule is COC(=O)[C@@H](N)c1cccc(OC)c1OC. The highest BCUT2D eigenvalue weighted by molar-refractivity contribution is 5.78. The van der Waals surface area contributed by atoms with Crippen molar-refractivity contribution in [1.29, 1.82) is 0 Å². The molecule has 5 nitrogen and oxygen atoms in total. The molecule has 0 amide bonds. The molecule has 2 N–H and O–H groups in total. The number of hydrogen-bond acceptors (Lipinski definition) is 5. The Labute approximate surface area is 94.1 Å². The molecule has 1 rings (SSSR count). The average Bonchev–Trinajstić information content (AvgIpc) is 2.35. The van der Waals surface area contributed by atoms with Crippen molar-refractivity contribution in [1.82, 2.24) is 0 Å². The van der Waals surface area contributed by atoms with Gasteiger partial charge in [-0.3, -0.25) is 4.79 Å². The first-order chi connectivity index (χ1) is 7.65. The maximum Gasteiger partial charge on any atom is 0.327 e. The molecule has 0 bridgehead atoms. The van der Waals surface area contributed by atoms with Gasteiger partial charge in [0.05, 0.1) is 21.3 Å². The number of esters is 1. The van der Waals surface area contributed by atoms with E-state index < -0.39 is 12.0 Å². The van der Waals surface area contributed by atoms with Gasteiger partial charge in [0, 0.05) is 5.56 Å². The lowest BCUT2D eigenvalue weighted by Gasteiger charge is -2.15. The van der Waals surface area contributed by atoms with E-state index in [4.69, 9.17) is 15.2 Å². The number of carbonyl (C=O) groups excluding carboxylic acids is 1. The quantitative estimate of drug-likeness (QED) is 0.770. The van der Waals surface area contributed by atoms with Crippen molar-refractivity contribution < 1.29 is 19.0 Å². The molecular weight excluding hydrogens is 210 g/mol. The summed E-state index contributed by atoms with van der Waals surface area (Å²) in [6.07, 6.45) is 0. The van der Waals surface area contributed by atoms with Crippen LogP contribution in [-0.2, 0) is 9.53 Å². The fourth-order valence-corrected chi connectivity index (χ4v) is 1.41. The summed E-state index contributed by atoms with van der Waals surface area (Å²) in [7, 11) is 4.30. The van der Waals surface area contributed by atoms with E-state index in [0.717, 1.165) is 0 Å². The molecule has 16 heavy (non-hydrogen) atoms. The van der Waals surface area contributed by atoms with Gasteiger partial charge in [0.15, 0.2) is 11.5 Å². The van der Waals surface area contributed by atoms with Crippen LogP contribution in [0.15, 0.2) is 18.2 Å². The maximum absolute atomic E-state index is 11.3. The Hall–Kier alpha value is -1.75. The molecule has 0 heterocycles. The highest BCUT2D eigenvalue weighted by Crippen LogP contribution is 2.33. The normalized spacial score (nSPS) is 11.8. The van der Waals surface area contributed by atoms with Gasteiger partial charge in [0.25, 0.3) is 0 Å². The second kappa shape index (κ2) is 5.37. The summed E-state index contributed by atoms with van der Waals surface area (Å²) in [6, 6.07) is 4.28. The summed E-state index contributed by atoms with van der Waals surface area (Å²) in [4.78, 5) is 11.3. The number of para-hydroxylation sites is 1. The predicted octanol–water partition coefficient (Wildman–Crippen LogP) is 0.877. The van der Waals surface area contributed by atoms with E-state index in [9.17, 15) is 4.79 Å². The standard InChI is InChI=1S/C11H15NO4/c1-14-8-6-4-5-7(10(8)15-2)9(12)11(13)16-3/h4-6,9H,12H2,1-3H3/t9-/m0/s1. The first-order valence-corrected chi connectivity index (χ1v) is 4.70. The topological polar surface area (TPSA) is 70.8 Å². The van der Waals surface area contributed by atoms with Crippen LogP contribution in [0.25, 0.3) is 0 Å². The number of hydrogen-bond donors (Lipinski definition) is 1. The van der Waals surface area contributed by atoms with Gasteiger partial charge in [-0.1, -0.05) is 12.1 Å². The molecule has 0 fully saturated rings. The smallest absolute Gasteiger partial charge is 0.327 e.